The standard InChI is InChI=1S/C27H36N8O2/c1-33-26(37)35(17-27(33)10-11-27)21-3-2-14-34(16-21)22-15-30-23(24(28)36)25(32-22)31-20-6-4-18(5-7-20)19-8-12-29-13-9-19/h4-7,15,19,21,29H,2-3,8-14,16-17H2,1H3,(H2,28,36)(H,31,32). The summed E-state index contributed by atoms with van der Waals surface area (Å²) in [4.78, 5) is 40.4. The summed E-state index contributed by atoms with van der Waals surface area (Å²) in [7, 11) is 1.93. The lowest BCUT2D eigenvalue weighted by Gasteiger charge is -2.37. The molecule has 37 heavy (non-hydrogen) atoms. The number of carbonyl (C=O) groups is 2. The minimum atomic E-state index is -0.621. The molecule has 4 heterocycles. The molecule has 3 saturated heterocycles. The van der Waals surface area contributed by atoms with Crippen LogP contribution in [0, 0.1) is 0 Å². The molecule has 6 rings (SSSR count). The monoisotopic (exact) mass is 504 g/mol. The highest BCUT2D eigenvalue weighted by Crippen LogP contribution is 2.47. The first kappa shape index (κ1) is 24.0. The minimum Gasteiger partial charge on any atom is -0.364 e. The van der Waals surface area contributed by atoms with Crippen LogP contribution < -0.4 is 21.3 Å². The van der Waals surface area contributed by atoms with Crippen molar-refractivity contribution in [1.82, 2.24) is 25.1 Å². The molecule has 1 aromatic heterocycles. The summed E-state index contributed by atoms with van der Waals surface area (Å²) in [5.74, 6) is 0.994. The molecule has 196 valence electrons. The molecule has 4 N–H and O–H groups in total. The molecule has 3 aliphatic heterocycles. The largest absolute Gasteiger partial charge is 0.364 e. The summed E-state index contributed by atoms with van der Waals surface area (Å²) in [5, 5.41) is 6.69. The van der Waals surface area contributed by atoms with Gasteiger partial charge < -0.3 is 31.1 Å². The molecule has 2 aromatic rings. The van der Waals surface area contributed by atoms with Gasteiger partial charge in [0.2, 0.25) is 0 Å². The van der Waals surface area contributed by atoms with Crippen molar-refractivity contribution in [3.63, 3.8) is 0 Å². The van der Waals surface area contributed by atoms with Crippen LogP contribution >= 0.6 is 0 Å². The molecular weight excluding hydrogens is 468 g/mol. The fourth-order valence-electron chi connectivity index (χ4n) is 6.16. The van der Waals surface area contributed by atoms with E-state index < -0.39 is 5.91 Å². The number of aromatic nitrogens is 2. The Hall–Kier alpha value is -3.40. The Bertz CT molecular complexity index is 1180. The first-order chi connectivity index (χ1) is 17.9. The third kappa shape index (κ3) is 4.58. The summed E-state index contributed by atoms with van der Waals surface area (Å²) in [6.45, 7) is 4.44. The number of hydrogen-bond donors (Lipinski definition) is 3. The molecule has 10 nitrogen and oxygen atoms in total. The summed E-state index contributed by atoms with van der Waals surface area (Å²) in [6.07, 6.45) is 8.03. The number of benzene rings is 1. The van der Waals surface area contributed by atoms with Crippen molar-refractivity contribution in [2.75, 3.05) is 50.0 Å². The number of rotatable bonds is 6. The molecule has 3 amide bonds. The Kier molecular flexibility index (Phi) is 6.14. The van der Waals surface area contributed by atoms with Crippen LogP contribution in [0.1, 0.15) is 60.5 Å². The normalized spacial score (nSPS) is 23.5. The maximum absolute atomic E-state index is 12.9. The second-order valence-corrected chi connectivity index (χ2v) is 11.0. The number of anilines is 3. The number of likely N-dealkylation sites (N-methyl/N-ethyl adjacent to an activating group) is 1. The molecule has 1 aliphatic carbocycles. The number of primary amides is 1. The summed E-state index contributed by atoms with van der Waals surface area (Å²) >= 11 is 0. The van der Waals surface area contributed by atoms with Crippen LogP contribution in [0.4, 0.5) is 22.1 Å². The number of carbonyl (C=O) groups excluding carboxylic acids is 2. The number of urea groups is 1. The van der Waals surface area contributed by atoms with Crippen molar-refractivity contribution in [3.05, 3.63) is 41.7 Å². The fourth-order valence-corrected chi connectivity index (χ4v) is 6.16. The zero-order chi connectivity index (χ0) is 25.6. The number of nitrogens with two attached hydrogens (primary N) is 1. The lowest BCUT2D eigenvalue weighted by atomic mass is 9.90. The van der Waals surface area contributed by atoms with E-state index in [-0.39, 0.29) is 23.3 Å². The van der Waals surface area contributed by atoms with Gasteiger partial charge in [-0.05, 0) is 75.2 Å². The first-order valence-electron chi connectivity index (χ1n) is 13.5. The highest BCUT2D eigenvalue weighted by Gasteiger charge is 2.57. The van der Waals surface area contributed by atoms with Gasteiger partial charge in [-0.3, -0.25) is 4.79 Å². The lowest BCUT2D eigenvalue weighted by Crippen LogP contribution is -2.49. The minimum absolute atomic E-state index is 0.0583. The topological polar surface area (TPSA) is 120 Å². The summed E-state index contributed by atoms with van der Waals surface area (Å²) in [6, 6.07) is 8.61. The van der Waals surface area contributed by atoms with Crippen molar-refractivity contribution in [1.29, 1.82) is 0 Å². The SMILES string of the molecule is CN1C(=O)N(C2CCCN(c3cnc(C(N)=O)c(Nc4ccc(C5CCNCC5)cc4)n3)C2)CC12CC2. The van der Waals surface area contributed by atoms with E-state index in [0.29, 0.717) is 24.1 Å². The number of hydrogen-bond acceptors (Lipinski definition) is 7. The Labute approximate surface area is 217 Å². The van der Waals surface area contributed by atoms with Crippen LogP contribution in [0.15, 0.2) is 30.5 Å². The maximum atomic E-state index is 12.9. The van der Waals surface area contributed by atoms with Crippen molar-refractivity contribution in [3.8, 4) is 0 Å². The van der Waals surface area contributed by atoms with Crippen molar-refractivity contribution >= 4 is 29.3 Å². The molecule has 1 saturated carbocycles. The van der Waals surface area contributed by atoms with Gasteiger partial charge in [-0.1, -0.05) is 12.1 Å². The third-order valence-corrected chi connectivity index (χ3v) is 8.67. The molecule has 4 fully saturated rings. The van der Waals surface area contributed by atoms with E-state index in [4.69, 9.17) is 10.7 Å². The molecule has 4 aliphatic rings. The van der Waals surface area contributed by atoms with E-state index in [1.165, 1.54) is 5.56 Å². The fraction of sp³-hybridized carbons (Fsp3) is 0.556. The van der Waals surface area contributed by atoms with Gasteiger partial charge in [0, 0.05) is 32.4 Å². The number of piperidine rings is 2. The molecule has 10 heteroatoms. The second kappa shape index (κ2) is 9.48. The third-order valence-electron chi connectivity index (χ3n) is 8.67. The average molecular weight is 505 g/mol. The van der Waals surface area contributed by atoms with Gasteiger partial charge >= 0.3 is 6.03 Å². The van der Waals surface area contributed by atoms with E-state index in [0.717, 1.165) is 70.4 Å². The summed E-state index contributed by atoms with van der Waals surface area (Å²) < 4.78 is 0. The van der Waals surface area contributed by atoms with Gasteiger partial charge in [-0.2, -0.15) is 0 Å². The molecule has 0 radical (unpaired) electrons. The Balaban J connectivity index is 1.19. The number of nitrogens with one attached hydrogen (secondary N) is 2. The van der Waals surface area contributed by atoms with Crippen LogP contribution in [0.25, 0.3) is 0 Å². The maximum Gasteiger partial charge on any atom is 0.320 e. The van der Waals surface area contributed by atoms with E-state index >= 15 is 0 Å². The molecule has 0 bridgehead atoms. The predicted molar refractivity (Wildman–Crippen MR) is 142 cm³/mol. The smallest absolute Gasteiger partial charge is 0.320 e. The Morgan fingerprint density at radius 3 is 2.59 bits per heavy atom. The van der Waals surface area contributed by atoms with Gasteiger partial charge in [0.1, 0.15) is 5.82 Å². The van der Waals surface area contributed by atoms with Gasteiger partial charge in [-0.25, -0.2) is 14.8 Å². The van der Waals surface area contributed by atoms with Gasteiger partial charge in [0.15, 0.2) is 11.5 Å². The van der Waals surface area contributed by atoms with Crippen LogP contribution in [0.2, 0.25) is 0 Å². The van der Waals surface area contributed by atoms with E-state index in [1.807, 2.05) is 29.0 Å². The predicted octanol–water partition coefficient (Wildman–Crippen LogP) is 2.65. The van der Waals surface area contributed by atoms with Crippen LogP contribution in [-0.4, -0.2) is 83.1 Å². The van der Waals surface area contributed by atoms with Crippen LogP contribution in [-0.2, 0) is 0 Å². The average Bonchev–Trinajstić information content (AvgIpc) is 3.68. The number of nitrogens with zero attached hydrogens (tertiary/aromatic N) is 5. The summed E-state index contributed by atoms with van der Waals surface area (Å²) in [5.41, 5.74) is 7.98. The van der Waals surface area contributed by atoms with Gasteiger partial charge in [-0.15, -0.1) is 0 Å². The van der Waals surface area contributed by atoms with Crippen molar-refractivity contribution < 1.29 is 9.59 Å². The Morgan fingerprint density at radius 1 is 1.16 bits per heavy atom. The van der Waals surface area contributed by atoms with E-state index in [2.05, 4.69) is 32.7 Å². The molecule has 1 aromatic carbocycles. The van der Waals surface area contributed by atoms with E-state index in [1.54, 1.807) is 6.20 Å². The molecule has 1 unspecified atom stereocenters. The molecule has 1 spiro atoms. The van der Waals surface area contributed by atoms with Crippen molar-refractivity contribution in [2.45, 2.75) is 56.0 Å². The molecule has 1 atom stereocenters. The first-order valence-corrected chi connectivity index (χ1v) is 13.5. The van der Waals surface area contributed by atoms with Crippen LogP contribution in [0.3, 0.4) is 0 Å². The second-order valence-electron chi connectivity index (χ2n) is 11.0. The van der Waals surface area contributed by atoms with E-state index in [9.17, 15) is 9.59 Å². The zero-order valence-electron chi connectivity index (χ0n) is 21.4. The quantitative estimate of drug-likeness (QED) is 0.553. The highest BCUT2D eigenvalue weighted by molar-refractivity contribution is 5.96. The number of amides is 3. The van der Waals surface area contributed by atoms with Crippen molar-refractivity contribution in [2.24, 2.45) is 5.73 Å². The zero-order valence-corrected chi connectivity index (χ0v) is 21.4. The van der Waals surface area contributed by atoms with Crippen LogP contribution in [0.5, 0.6) is 0 Å². The lowest BCUT2D eigenvalue weighted by molar-refractivity contribution is 0.0996. The van der Waals surface area contributed by atoms with Gasteiger partial charge in [0.25, 0.3) is 5.91 Å². The highest BCUT2D eigenvalue weighted by atomic mass is 16.2. The van der Waals surface area contributed by atoms with Gasteiger partial charge in [0.05, 0.1) is 17.8 Å². The molecular formula is C27H36N8O2. The Morgan fingerprint density at radius 2 is 1.92 bits per heavy atom.